The monoisotopic (exact) mass is 212 g/mol. The molecule has 2 rings (SSSR count). The molecule has 0 radical (unpaired) electrons. The van der Waals surface area contributed by atoms with Gasteiger partial charge in [-0.25, -0.2) is 13.6 Å². The molecule has 0 N–H and O–H groups in total. The Hall–Kier alpha value is -1.45. The summed E-state index contributed by atoms with van der Waals surface area (Å²) in [4.78, 5) is 11.0. The average Bonchev–Trinajstić information content (AvgIpc) is 2.17. The van der Waals surface area contributed by atoms with Gasteiger partial charge in [0.2, 0.25) is 6.17 Å². The van der Waals surface area contributed by atoms with Crippen LogP contribution >= 0.6 is 0 Å². The Kier molecular flexibility index (Phi) is 2.21. The smallest absolute Gasteiger partial charge is 0.349 e. The number of rotatable bonds is 0. The van der Waals surface area contributed by atoms with E-state index >= 15 is 0 Å². The van der Waals surface area contributed by atoms with Crippen molar-refractivity contribution < 1.29 is 18.3 Å². The summed E-state index contributed by atoms with van der Waals surface area (Å²) in [6.45, 7) is 3.48. The number of esters is 1. The van der Waals surface area contributed by atoms with Gasteiger partial charge >= 0.3 is 5.97 Å². The lowest BCUT2D eigenvalue weighted by Gasteiger charge is -2.23. The molecule has 1 heterocycles. The second kappa shape index (κ2) is 3.29. The Morgan fingerprint density at radius 1 is 1.20 bits per heavy atom. The number of hydrogen-bond donors (Lipinski definition) is 0. The SMILES string of the molecule is Cc1cc(C)c2c(c1)C(F)C(F)C(=O)O2. The summed E-state index contributed by atoms with van der Waals surface area (Å²) in [7, 11) is 0. The molecule has 0 spiro atoms. The summed E-state index contributed by atoms with van der Waals surface area (Å²) in [5.74, 6) is -0.992. The van der Waals surface area contributed by atoms with Gasteiger partial charge in [-0.1, -0.05) is 11.6 Å². The second-order valence-electron chi connectivity index (χ2n) is 3.72. The highest BCUT2D eigenvalue weighted by Crippen LogP contribution is 2.39. The Bertz CT molecular complexity index is 429. The summed E-state index contributed by atoms with van der Waals surface area (Å²) in [5.41, 5.74) is 1.59. The molecule has 2 atom stereocenters. The molecule has 2 unspecified atom stereocenters. The normalized spacial score (nSPS) is 24.7. The molecule has 2 nitrogen and oxygen atoms in total. The van der Waals surface area contributed by atoms with E-state index in [0.29, 0.717) is 5.56 Å². The largest absolute Gasteiger partial charge is 0.424 e. The molecule has 1 aromatic rings. The Morgan fingerprint density at radius 2 is 1.87 bits per heavy atom. The number of benzene rings is 1. The van der Waals surface area contributed by atoms with E-state index in [0.717, 1.165) is 5.56 Å². The van der Waals surface area contributed by atoms with Crippen LogP contribution < -0.4 is 4.74 Å². The molecule has 0 saturated carbocycles. The van der Waals surface area contributed by atoms with E-state index in [2.05, 4.69) is 0 Å². The lowest BCUT2D eigenvalue weighted by molar-refractivity contribution is -0.144. The molecule has 1 aliphatic heterocycles. The number of ether oxygens (including phenoxy) is 1. The fourth-order valence-corrected chi connectivity index (χ4v) is 1.77. The van der Waals surface area contributed by atoms with E-state index in [4.69, 9.17) is 4.74 Å². The van der Waals surface area contributed by atoms with Crippen LogP contribution in [0.15, 0.2) is 12.1 Å². The van der Waals surface area contributed by atoms with Crippen LogP contribution in [0.1, 0.15) is 22.9 Å². The van der Waals surface area contributed by atoms with Gasteiger partial charge in [-0.05, 0) is 25.5 Å². The van der Waals surface area contributed by atoms with E-state index in [1.165, 1.54) is 6.07 Å². The summed E-state index contributed by atoms with van der Waals surface area (Å²) < 4.78 is 31.3. The van der Waals surface area contributed by atoms with Crippen molar-refractivity contribution in [2.24, 2.45) is 0 Å². The van der Waals surface area contributed by atoms with Gasteiger partial charge in [0.05, 0.1) is 0 Å². The highest BCUT2D eigenvalue weighted by molar-refractivity contribution is 5.81. The topological polar surface area (TPSA) is 26.3 Å². The molecule has 4 heteroatoms. The zero-order valence-corrected chi connectivity index (χ0v) is 8.38. The van der Waals surface area contributed by atoms with Gasteiger partial charge in [0.15, 0.2) is 6.17 Å². The van der Waals surface area contributed by atoms with Crippen LogP contribution in [-0.2, 0) is 4.79 Å². The van der Waals surface area contributed by atoms with Crippen molar-refractivity contribution in [3.05, 3.63) is 28.8 Å². The van der Waals surface area contributed by atoms with Gasteiger partial charge in [0.25, 0.3) is 0 Å². The van der Waals surface area contributed by atoms with Crippen LogP contribution in [0.25, 0.3) is 0 Å². The minimum atomic E-state index is -2.21. The van der Waals surface area contributed by atoms with Crippen molar-refractivity contribution in [2.45, 2.75) is 26.2 Å². The zero-order chi connectivity index (χ0) is 11.2. The first kappa shape index (κ1) is 10.1. The van der Waals surface area contributed by atoms with Gasteiger partial charge in [-0.15, -0.1) is 0 Å². The highest BCUT2D eigenvalue weighted by Gasteiger charge is 2.39. The summed E-state index contributed by atoms with van der Waals surface area (Å²) in [5, 5.41) is 0. The molecule has 0 amide bonds. The van der Waals surface area contributed by atoms with Crippen molar-refractivity contribution in [1.82, 2.24) is 0 Å². The third kappa shape index (κ3) is 1.50. The van der Waals surface area contributed by atoms with Crippen molar-refractivity contribution in [2.75, 3.05) is 0 Å². The molecular weight excluding hydrogens is 202 g/mol. The van der Waals surface area contributed by atoms with Gasteiger partial charge in [-0.3, -0.25) is 0 Å². The first-order valence-corrected chi connectivity index (χ1v) is 4.61. The van der Waals surface area contributed by atoms with Gasteiger partial charge < -0.3 is 4.74 Å². The quantitative estimate of drug-likeness (QED) is 0.488. The number of carbonyl (C=O) groups excluding carboxylic acids is 1. The second-order valence-corrected chi connectivity index (χ2v) is 3.72. The van der Waals surface area contributed by atoms with Crippen LogP contribution in [0, 0.1) is 13.8 Å². The first-order chi connectivity index (χ1) is 7.00. The molecule has 0 saturated heterocycles. The third-order valence-corrected chi connectivity index (χ3v) is 2.43. The number of aryl methyl sites for hydroxylation is 2. The minimum absolute atomic E-state index is 0.125. The summed E-state index contributed by atoms with van der Waals surface area (Å²) in [6, 6.07) is 3.27. The maximum absolute atomic E-state index is 13.5. The van der Waals surface area contributed by atoms with Gasteiger partial charge in [0, 0.05) is 5.56 Å². The lowest BCUT2D eigenvalue weighted by atomic mass is 9.97. The Balaban J connectivity index is 2.60. The van der Waals surface area contributed by atoms with E-state index in [1.54, 1.807) is 19.9 Å². The Labute approximate surface area is 85.9 Å². The molecule has 0 bridgehead atoms. The van der Waals surface area contributed by atoms with Crippen molar-refractivity contribution in [3.63, 3.8) is 0 Å². The maximum atomic E-state index is 13.5. The fourth-order valence-electron chi connectivity index (χ4n) is 1.77. The van der Waals surface area contributed by atoms with Crippen LogP contribution in [0.3, 0.4) is 0 Å². The van der Waals surface area contributed by atoms with E-state index < -0.39 is 18.3 Å². The molecular formula is C11H10F2O2. The van der Waals surface area contributed by atoms with Gasteiger partial charge in [0.1, 0.15) is 5.75 Å². The predicted octanol–water partition coefficient (Wildman–Crippen LogP) is 2.57. The van der Waals surface area contributed by atoms with Crippen LogP contribution in [0.5, 0.6) is 5.75 Å². The van der Waals surface area contributed by atoms with Gasteiger partial charge in [-0.2, -0.15) is 0 Å². The fraction of sp³-hybridized carbons (Fsp3) is 0.364. The molecule has 80 valence electrons. The molecule has 1 aliphatic rings. The third-order valence-electron chi connectivity index (χ3n) is 2.43. The number of alkyl halides is 2. The van der Waals surface area contributed by atoms with E-state index in [-0.39, 0.29) is 11.3 Å². The van der Waals surface area contributed by atoms with E-state index in [9.17, 15) is 13.6 Å². The maximum Gasteiger partial charge on any atom is 0.349 e. The molecule has 15 heavy (non-hydrogen) atoms. The Morgan fingerprint density at radius 3 is 2.53 bits per heavy atom. The van der Waals surface area contributed by atoms with Crippen LogP contribution in [-0.4, -0.2) is 12.1 Å². The number of carbonyl (C=O) groups is 1. The van der Waals surface area contributed by atoms with E-state index in [1.807, 2.05) is 0 Å². The van der Waals surface area contributed by atoms with Crippen molar-refractivity contribution >= 4 is 5.97 Å². The average molecular weight is 212 g/mol. The highest BCUT2D eigenvalue weighted by atomic mass is 19.2. The minimum Gasteiger partial charge on any atom is -0.424 e. The number of hydrogen-bond acceptors (Lipinski definition) is 2. The lowest BCUT2D eigenvalue weighted by Crippen LogP contribution is -2.31. The standard InChI is InChI=1S/C11H10F2O2/c1-5-3-6(2)10-7(4-5)8(12)9(13)11(14)15-10/h3-4,8-9H,1-2H3. The van der Waals surface area contributed by atoms with Crippen LogP contribution in [0.2, 0.25) is 0 Å². The molecule has 0 fully saturated rings. The zero-order valence-electron chi connectivity index (χ0n) is 8.38. The molecule has 1 aromatic carbocycles. The molecule has 0 aromatic heterocycles. The molecule has 0 aliphatic carbocycles. The number of halogens is 2. The predicted molar refractivity (Wildman–Crippen MR) is 50.3 cm³/mol. The number of fused-ring (bicyclic) bond motifs is 1. The first-order valence-electron chi connectivity index (χ1n) is 4.61. The summed E-state index contributed by atoms with van der Waals surface area (Å²) >= 11 is 0. The summed E-state index contributed by atoms with van der Waals surface area (Å²) in [6.07, 6.45) is -4.13. The van der Waals surface area contributed by atoms with Crippen LogP contribution in [0.4, 0.5) is 8.78 Å². The van der Waals surface area contributed by atoms with Crippen molar-refractivity contribution in [3.8, 4) is 5.75 Å². The van der Waals surface area contributed by atoms with Crippen molar-refractivity contribution in [1.29, 1.82) is 0 Å².